The number of hydrogen-bond acceptors (Lipinski definition) is 5. The van der Waals surface area contributed by atoms with Gasteiger partial charge < -0.3 is 9.72 Å². The number of nitrogens with one attached hydrogen (secondary N) is 1. The number of aryl methyl sites for hydroxylation is 1. The Balaban J connectivity index is 1.39. The molecule has 3 aliphatic carbocycles. The van der Waals surface area contributed by atoms with Gasteiger partial charge in [0.25, 0.3) is 0 Å². The number of H-pyrrole nitrogens is 1. The molecule has 4 fully saturated rings. The van der Waals surface area contributed by atoms with E-state index in [0.717, 1.165) is 21.1 Å². The van der Waals surface area contributed by atoms with Gasteiger partial charge in [0.2, 0.25) is 5.56 Å². The van der Waals surface area contributed by atoms with Gasteiger partial charge >= 0.3 is 6.18 Å². The SMILES string of the molecule is Cc1nc2nc([C@H]3CCO[C@@H](c4ccc(=O)[nH]c4)C3)nc(C34CC(C(F)(F)F)(C3)C4)c2cc1Br. The van der Waals surface area contributed by atoms with Crippen LogP contribution in [0, 0.1) is 12.3 Å². The summed E-state index contributed by atoms with van der Waals surface area (Å²) >= 11 is 3.51. The van der Waals surface area contributed by atoms with Crippen LogP contribution in [0.15, 0.2) is 33.7 Å². The largest absolute Gasteiger partial charge is 0.394 e. The lowest BCUT2D eigenvalue weighted by Crippen LogP contribution is -2.70. The van der Waals surface area contributed by atoms with Crippen molar-refractivity contribution in [3.05, 3.63) is 62.0 Å². The van der Waals surface area contributed by atoms with Gasteiger partial charge in [0.05, 0.1) is 22.9 Å². The van der Waals surface area contributed by atoms with E-state index in [4.69, 9.17) is 14.7 Å². The van der Waals surface area contributed by atoms with Crippen molar-refractivity contribution < 1.29 is 17.9 Å². The highest BCUT2D eigenvalue weighted by Crippen LogP contribution is 2.78. The zero-order valence-electron chi connectivity index (χ0n) is 18.4. The van der Waals surface area contributed by atoms with Crippen LogP contribution in [0.4, 0.5) is 13.2 Å². The lowest BCUT2D eigenvalue weighted by Gasteiger charge is -2.70. The molecule has 0 radical (unpaired) electrons. The number of fused-ring (bicyclic) bond motifs is 1. The number of rotatable bonds is 3. The third-order valence-electron chi connectivity index (χ3n) is 7.80. The molecule has 2 bridgehead atoms. The number of pyridine rings is 2. The number of halogens is 4. The van der Waals surface area contributed by atoms with E-state index in [1.165, 1.54) is 6.07 Å². The highest BCUT2D eigenvalue weighted by Gasteiger charge is 2.79. The first-order valence-electron chi connectivity index (χ1n) is 11.3. The lowest BCUT2D eigenvalue weighted by atomic mass is 9.33. The van der Waals surface area contributed by atoms with Gasteiger partial charge in [-0.15, -0.1) is 0 Å². The lowest BCUT2D eigenvalue weighted by molar-refractivity contribution is -0.337. The van der Waals surface area contributed by atoms with Crippen LogP contribution in [0.2, 0.25) is 0 Å². The molecule has 7 rings (SSSR count). The van der Waals surface area contributed by atoms with Crippen LogP contribution in [0.25, 0.3) is 11.0 Å². The third kappa shape index (κ3) is 3.25. The Kier molecular flexibility index (Phi) is 4.78. The van der Waals surface area contributed by atoms with E-state index in [9.17, 15) is 18.0 Å². The molecule has 3 saturated carbocycles. The fourth-order valence-corrected chi connectivity index (χ4v) is 6.27. The smallest absolute Gasteiger partial charge is 0.373 e. The van der Waals surface area contributed by atoms with Crippen LogP contribution in [-0.4, -0.2) is 32.7 Å². The summed E-state index contributed by atoms with van der Waals surface area (Å²) < 4.78 is 47.4. The molecule has 0 amide bonds. The molecule has 0 unspecified atom stereocenters. The summed E-state index contributed by atoms with van der Waals surface area (Å²) in [5, 5.41) is 0.723. The molecule has 1 N–H and O–H groups in total. The number of aromatic nitrogens is 4. The molecule has 34 heavy (non-hydrogen) atoms. The quantitative estimate of drug-likeness (QED) is 0.486. The minimum absolute atomic E-state index is 0.0245. The van der Waals surface area contributed by atoms with E-state index in [0.29, 0.717) is 36.6 Å². The minimum Gasteiger partial charge on any atom is -0.373 e. The minimum atomic E-state index is -4.18. The molecule has 178 valence electrons. The number of hydrogen-bond donors (Lipinski definition) is 1. The van der Waals surface area contributed by atoms with Crippen molar-refractivity contribution in [2.24, 2.45) is 5.41 Å². The number of aromatic amines is 1. The van der Waals surface area contributed by atoms with Crippen LogP contribution in [0.3, 0.4) is 0 Å². The van der Waals surface area contributed by atoms with Crippen molar-refractivity contribution in [1.29, 1.82) is 0 Å². The molecule has 1 saturated heterocycles. The van der Waals surface area contributed by atoms with Crippen molar-refractivity contribution in [1.82, 2.24) is 19.9 Å². The molecule has 3 aromatic rings. The molecule has 4 aliphatic rings. The van der Waals surface area contributed by atoms with Crippen molar-refractivity contribution in [2.45, 2.75) is 62.6 Å². The summed E-state index contributed by atoms with van der Waals surface area (Å²) in [4.78, 5) is 28.5. The normalized spacial score (nSPS) is 30.6. The van der Waals surface area contributed by atoms with E-state index in [1.54, 1.807) is 12.3 Å². The van der Waals surface area contributed by atoms with Crippen molar-refractivity contribution in [3.8, 4) is 0 Å². The molecule has 0 spiro atoms. The summed E-state index contributed by atoms with van der Waals surface area (Å²) in [5.41, 5.74) is 0.554. The molecular formula is C24H22BrF3N4O2. The Morgan fingerprint density at radius 3 is 2.62 bits per heavy atom. The summed E-state index contributed by atoms with van der Waals surface area (Å²) in [5.74, 6) is 0.587. The van der Waals surface area contributed by atoms with Crippen molar-refractivity contribution >= 4 is 27.0 Å². The van der Waals surface area contributed by atoms with Gasteiger partial charge in [-0.1, -0.05) is 0 Å². The maximum absolute atomic E-state index is 13.6. The molecule has 6 nitrogen and oxygen atoms in total. The Hall–Kier alpha value is -2.33. The first-order valence-corrected chi connectivity index (χ1v) is 12.1. The maximum atomic E-state index is 13.6. The van der Waals surface area contributed by atoms with Gasteiger partial charge in [-0.05, 0) is 72.7 Å². The second kappa shape index (κ2) is 7.34. The van der Waals surface area contributed by atoms with E-state index >= 15 is 0 Å². The number of nitrogens with zero attached hydrogens (tertiary/aromatic N) is 3. The van der Waals surface area contributed by atoms with Gasteiger partial charge in [0, 0.05) is 40.1 Å². The predicted octanol–water partition coefficient (Wildman–Crippen LogP) is 5.40. The third-order valence-corrected chi connectivity index (χ3v) is 8.60. The fraction of sp³-hybridized carbons (Fsp3) is 0.500. The molecular weight excluding hydrogens is 513 g/mol. The van der Waals surface area contributed by atoms with Gasteiger partial charge in [-0.3, -0.25) is 4.79 Å². The van der Waals surface area contributed by atoms with Crippen molar-refractivity contribution in [3.63, 3.8) is 0 Å². The maximum Gasteiger partial charge on any atom is 0.394 e. The summed E-state index contributed by atoms with van der Waals surface area (Å²) in [6.07, 6.45) is -1.19. The zero-order valence-corrected chi connectivity index (χ0v) is 20.0. The molecule has 3 aromatic heterocycles. The summed E-state index contributed by atoms with van der Waals surface area (Å²) in [6, 6.07) is 5.11. The van der Waals surface area contributed by atoms with Crippen LogP contribution in [0.5, 0.6) is 0 Å². The van der Waals surface area contributed by atoms with Gasteiger partial charge in [-0.2, -0.15) is 13.2 Å². The van der Waals surface area contributed by atoms with E-state index in [2.05, 4.69) is 25.9 Å². The Bertz CT molecular complexity index is 1330. The molecule has 10 heteroatoms. The second-order valence-corrected chi connectivity index (χ2v) is 10.9. The fourth-order valence-electron chi connectivity index (χ4n) is 5.95. The van der Waals surface area contributed by atoms with Crippen LogP contribution in [-0.2, 0) is 10.2 Å². The monoisotopic (exact) mass is 534 g/mol. The molecule has 4 heterocycles. The Morgan fingerprint density at radius 1 is 1.18 bits per heavy atom. The zero-order chi connectivity index (χ0) is 23.9. The van der Waals surface area contributed by atoms with Gasteiger partial charge in [0.1, 0.15) is 5.82 Å². The van der Waals surface area contributed by atoms with Gasteiger partial charge in [0.15, 0.2) is 5.65 Å². The van der Waals surface area contributed by atoms with Crippen LogP contribution < -0.4 is 5.56 Å². The Labute approximate surface area is 201 Å². The van der Waals surface area contributed by atoms with E-state index in [-0.39, 0.29) is 36.8 Å². The predicted molar refractivity (Wildman–Crippen MR) is 122 cm³/mol. The highest BCUT2D eigenvalue weighted by molar-refractivity contribution is 9.10. The van der Waals surface area contributed by atoms with E-state index in [1.807, 2.05) is 13.0 Å². The topological polar surface area (TPSA) is 80.8 Å². The number of ether oxygens (including phenoxy) is 1. The summed E-state index contributed by atoms with van der Waals surface area (Å²) in [7, 11) is 0. The highest BCUT2D eigenvalue weighted by atomic mass is 79.9. The van der Waals surface area contributed by atoms with Crippen molar-refractivity contribution in [2.75, 3.05) is 6.61 Å². The number of alkyl halides is 3. The summed E-state index contributed by atoms with van der Waals surface area (Å²) in [6.45, 7) is 2.37. The van der Waals surface area contributed by atoms with Gasteiger partial charge in [-0.25, -0.2) is 15.0 Å². The average molecular weight is 535 g/mol. The molecule has 2 atom stereocenters. The first-order chi connectivity index (χ1) is 16.1. The van der Waals surface area contributed by atoms with E-state index < -0.39 is 17.0 Å². The van der Waals surface area contributed by atoms with Crippen LogP contribution >= 0.6 is 15.9 Å². The average Bonchev–Trinajstić information content (AvgIpc) is 2.72. The first kappa shape index (κ1) is 22.2. The standard InChI is InChI=1S/C24H22BrF3N4O2/c1-12-16(25)7-15-19(22-9-23(10-22,11-22)24(26,27)28)31-20(32-21(15)30-12)13-4-5-34-17(6-13)14-2-3-18(33)29-8-14/h2-3,7-8,13,17H,4-6,9-11H2,1H3,(H,29,33)/t13-,17+,22?,23?/m0/s1. The second-order valence-electron chi connectivity index (χ2n) is 10.0. The Morgan fingerprint density at radius 2 is 1.94 bits per heavy atom. The molecule has 0 aromatic carbocycles. The molecule has 1 aliphatic heterocycles. The van der Waals surface area contributed by atoms with Crippen LogP contribution in [0.1, 0.15) is 66.9 Å².